The van der Waals surface area contributed by atoms with Gasteiger partial charge in [0.15, 0.2) is 0 Å². The number of rotatable bonds is 21. The summed E-state index contributed by atoms with van der Waals surface area (Å²) in [5.74, 6) is 1.87. The zero-order valence-corrected chi connectivity index (χ0v) is 40.6. The monoisotopic (exact) mass is 946 g/mol. The Balaban J connectivity index is 0.631. The smallest absolute Gasteiger partial charge is 0.255 e. The molecule has 5 aliphatic rings. The zero-order valence-electron chi connectivity index (χ0n) is 39.8. The van der Waals surface area contributed by atoms with Gasteiger partial charge in [-0.3, -0.25) is 39.2 Å². The van der Waals surface area contributed by atoms with E-state index < -0.39 is 6.04 Å². The van der Waals surface area contributed by atoms with Crippen LogP contribution >= 0.6 is 11.8 Å². The number of imide groups is 1. The molecule has 8 rings (SSSR count). The van der Waals surface area contributed by atoms with Crippen LogP contribution in [0.25, 0.3) is 6.08 Å². The van der Waals surface area contributed by atoms with E-state index in [2.05, 4.69) is 36.4 Å². The minimum Gasteiger partial charge on any atom is -0.357 e. The fourth-order valence-electron chi connectivity index (χ4n) is 10.6. The lowest BCUT2D eigenvalue weighted by Gasteiger charge is -2.43. The normalized spacial score (nSPS) is 20.0. The van der Waals surface area contributed by atoms with E-state index in [9.17, 15) is 24.0 Å². The number of hydrogen-bond donors (Lipinski definition) is 2. The number of piperazine rings is 1. The Kier molecular flexibility index (Phi) is 18.1. The van der Waals surface area contributed by atoms with Crippen molar-refractivity contribution in [2.75, 3.05) is 76.1 Å². The first-order chi connectivity index (χ1) is 33.3. The Morgan fingerprint density at radius 1 is 0.794 bits per heavy atom. The van der Waals surface area contributed by atoms with Gasteiger partial charge in [-0.05, 0) is 117 Å². The maximum atomic E-state index is 13.4. The molecular formula is C53H71N9O5S. The number of unbranched alkanes of at least 4 members (excludes halogenated alkanes) is 6. The van der Waals surface area contributed by atoms with Gasteiger partial charge in [0.1, 0.15) is 11.9 Å². The number of nitrogens with zero attached hydrogens (tertiary/aromatic N) is 7. The highest BCUT2D eigenvalue weighted by molar-refractivity contribution is 7.99. The summed E-state index contributed by atoms with van der Waals surface area (Å²) in [5, 5.41) is 5.36. The molecule has 2 aromatic heterocycles. The molecule has 1 unspecified atom stereocenters. The van der Waals surface area contributed by atoms with Crippen molar-refractivity contribution in [3.8, 4) is 0 Å². The molecule has 4 fully saturated rings. The summed E-state index contributed by atoms with van der Waals surface area (Å²) >= 11 is 1.81. The molecule has 5 amide bonds. The van der Waals surface area contributed by atoms with Crippen LogP contribution in [0.2, 0.25) is 0 Å². The summed E-state index contributed by atoms with van der Waals surface area (Å²) in [6.07, 6.45) is 24.1. The van der Waals surface area contributed by atoms with Crippen LogP contribution in [-0.2, 0) is 20.9 Å². The molecule has 3 aromatic rings. The Labute approximate surface area is 407 Å². The lowest BCUT2D eigenvalue weighted by atomic mass is 9.91. The van der Waals surface area contributed by atoms with Crippen molar-refractivity contribution in [2.45, 2.75) is 120 Å². The fraction of sp³-hybridized carbons (Fsp3) is 0.566. The number of nitrogens with one attached hydrogen (secondary N) is 2. The van der Waals surface area contributed by atoms with Crippen LogP contribution in [-0.4, -0.2) is 142 Å². The molecule has 68 heavy (non-hydrogen) atoms. The molecule has 1 atom stereocenters. The summed E-state index contributed by atoms with van der Waals surface area (Å²) in [7, 11) is 0. The van der Waals surface area contributed by atoms with Crippen molar-refractivity contribution in [3.05, 3.63) is 89.4 Å². The maximum Gasteiger partial charge on any atom is 0.255 e. The quantitative estimate of drug-likeness (QED) is 0.0502. The lowest BCUT2D eigenvalue weighted by Crippen LogP contribution is -2.53. The van der Waals surface area contributed by atoms with Gasteiger partial charge in [0, 0.05) is 113 Å². The van der Waals surface area contributed by atoms with Crippen molar-refractivity contribution in [2.24, 2.45) is 5.92 Å². The van der Waals surface area contributed by atoms with Crippen molar-refractivity contribution >= 4 is 53.2 Å². The molecule has 0 radical (unpaired) electrons. The highest BCUT2D eigenvalue weighted by Crippen LogP contribution is 2.35. The van der Waals surface area contributed by atoms with E-state index in [-0.39, 0.29) is 36.0 Å². The van der Waals surface area contributed by atoms with Crippen LogP contribution in [0.1, 0.15) is 128 Å². The molecule has 0 spiro atoms. The number of anilines is 1. The number of carbonyl (C=O) groups is 5. The van der Waals surface area contributed by atoms with Crippen LogP contribution < -0.4 is 15.5 Å². The predicted molar refractivity (Wildman–Crippen MR) is 267 cm³/mol. The molecule has 14 nitrogen and oxygen atoms in total. The van der Waals surface area contributed by atoms with Gasteiger partial charge in [-0.15, -0.1) is 11.8 Å². The Morgan fingerprint density at radius 2 is 1.59 bits per heavy atom. The van der Waals surface area contributed by atoms with Gasteiger partial charge in [0.2, 0.25) is 17.7 Å². The van der Waals surface area contributed by atoms with Gasteiger partial charge >= 0.3 is 0 Å². The van der Waals surface area contributed by atoms with Gasteiger partial charge in [-0.1, -0.05) is 50.7 Å². The van der Waals surface area contributed by atoms with E-state index in [1.165, 1.54) is 38.6 Å². The second-order valence-electron chi connectivity index (χ2n) is 19.3. The highest BCUT2D eigenvalue weighted by Gasteiger charge is 2.40. The number of carbonyl (C=O) groups excluding carboxylic acids is 5. The number of thioether (sulfide) groups is 1. The molecule has 15 heteroatoms. The molecule has 0 aliphatic carbocycles. The first-order valence-electron chi connectivity index (χ1n) is 25.5. The van der Waals surface area contributed by atoms with E-state index >= 15 is 0 Å². The third kappa shape index (κ3) is 13.6. The Hall–Kier alpha value is -5.12. The van der Waals surface area contributed by atoms with Gasteiger partial charge in [-0.2, -0.15) is 0 Å². The minimum atomic E-state index is -0.576. The number of piperidine rings is 3. The molecule has 0 bridgehead atoms. The Bertz CT molecular complexity index is 2180. The van der Waals surface area contributed by atoms with Gasteiger partial charge in [0.05, 0.1) is 5.56 Å². The van der Waals surface area contributed by atoms with Crippen molar-refractivity contribution in [1.82, 2.24) is 40.2 Å². The lowest BCUT2D eigenvalue weighted by molar-refractivity contribution is -0.137. The molecule has 5 aliphatic heterocycles. The van der Waals surface area contributed by atoms with Crippen molar-refractivity contribution in [1.29, 1.82) is 0 Å². The summed E-state index contributed by atoms with van der Waals surface area (Å²) in [6, 6.07) is 13.7. The number of hydrogen-bond acceptors (Lipinski definition) is 11. The predicted octanol–water partition coefficient (Wildman–Crippen LogP) is 6.81. The first kappa shape index (κ1) is 49.3. The summed E-state index contributed by atoms with van der Waals surface area (Å²) in [4.78, 5) is 84.1. The number of aromatic nitrogens is 2. The largest absolute Gasteiger partial charge is 0.357 e. The van der Waals surface area contributed by atoms with E-state index in [1.807, 2.05) is 53.1 Å². The maximum absolute atomic E-state index is 13.4. The van der Waals surface area contributed by atoms with Crippen LogP contribution in [0, 0.1) is 5.92 Å². The second kappa shape index (κ2) is 24.9. The van der Waals surface area contributed by atoms with Crippen LogP contribution in [0.4, 0.5) is 5.82 Å². The van der Waals surface area contributed by atoms with E-state index in [4.69, 9.17) is 4.98 Å². The summed E-state index contributed by atoms with van der Waals surface area (Å²) in [5.41, 5.74) is 3.29. The molecule has 1 aromatic carbocycles. The van der Waals surface area contributed by atoms with Crippen LogP contribution in [0.3, 0.4) is 0 Å². The average Bonchev–Trinajstić information content (AvgIpc) is 3.71. The van der Waals surface area contributed by atoms with Crippen molar-refractivity contribution in [3.63, 3.8) is 0 Å². The average molecular weight is 946 g/mol. The number of fused-ring (bicyclic) bond motifs is 1. The summed E-state index contributed by atoms with van der Waals surface area (Å²) in [6.45, 7) is 10.5. The van der Waals surface area contributed by atoms with E-state index in [1.54, 1.807) is 35.6 Å². The molecule has 2 N–H and O–H groups in total. The number of amides is 5. The van der Waals surface area contributed by atoms with Gasteiger partial charge < -0.3 is 24.9 Å². The fourth-order valence-corrected chi connectivity index (χ4v) is 11.7. The van der Waals surface area contributed by atoms with E-state index in [0.717, 1.165) is 131 Å². The third-order valence-electron chi connectivity index (χ3n) is 14.7. The van der Waals surface area contributed by atoms with Gasteiger partial charge in [0.25, 0.3) is 11.8 Å². The van der Waals surface area contributed by atoms with E-state index in [0.29, 0.717) is 42.6 Å². The highest BCUT2D eigenvalue weighted by atomic mass is 32.2. The molecule has 0 saturated carbocycles. The Morgan fingerprint density at radius 3 is 2.34 bits per heavy atom. The molecular weight excluding hydrogens is 875 g/mol. The van der Waals surface area contributed by atoms with Crippen LogP contribution in [0.15, 0.2) is 72.0 Å². The topological polar surface area (TPSA) is 151 Å². The summed E-state index contributed by atoms with van der Waals surface area (Å²) < 4.78 is 0. The molecule has 7 heterocycles. The molecule has 364 valence electrons. The number of likely N-dealkylation sites (tertiary alicyclic amines) is 1. The minimum absolute atomic E-state index is 0.0798. The number of benzene rings is 1. The van der Waals surface area contributed by atoms with Crippen molar-refractivity contribution < 1.29 is 24.0 Å². The SMILES string of the molecule is O=C(/C=C/c1cccnc1)NCCCCC1CCN(C(=O)c2ccc(N3CCC(N4CCN(CCCCCCCCSc5cccc6c5CN(C5CCC(=O)NC5=O)C6=O)CC4)CC3)nc2)CC1. The standard InChI is InChI=1S/C53H71N9O5S/c63-49(19-15-41-12-10-25-54-37-41)55-26-6-5-11-40-21-28-61(29-22-40)52(66)42-16-18-48(56-38-42)60-30-23-43(24-31-60)59-34-32-58(33-35-59)27-7-3-1-2-4-8-36-68-47-14-9-13-44-45(47)39-62(53(44)67)46-17-20-50(64)57-51(46)65/h9-10,12-16,18-19,25,37-38,40,43,46H,1-8,11,17,20-24,26-36,39H2,(H,55,63)(H,57,64,65)/b19-15+. The third-order valence-corrected chi connectivity index (χ3v) is 15.9. The first-order valence-corrected chi connectivity index (χ1v) is 26.5. The number of pyridine rings is 2. The molecule has 4 saturated heterocycles. The van der Waals surface area contributed by atoms with Crippen LogP contribution in [0.5, 0.6) is 0 Å². The zero-order chi connectivity index (χ0) is 47.1. The van der Waals surface area contributed by atoms with Gasteiger partial charge in [-0.25, -0.2) is 4.98 Å². The second-order valence-corrected chi connectivity index (χ2v) is 20.4.